The van der Waals surface area contributed by atoms with Crippen LogP contribution in [0.15, 0.2) is 74.9 Å². The fraction of sp³-hybridized carbons (Fsp3) is 0.147. The molecule has 276 valence electrons. The number of thiophene rings is 1. The third-order valence-corrected chi connectivity index (χ3v) is 10.1. The minimum atomic E-state index is -5.24. The minimum absolute atomic E-state index is 0.0304. The van der Waals surface area contributed by atoms with E-state index in [0.29, 0.717) is 43.4 Å². The highest BCUT2D eigenvalue weighted by Crippen LogP contribution is 2.38. The molecule has 3 N–H and O–H groups in total. The summed E-state index contributed by atoms with van der Waals surface area (Å²) in [6.45, 7) is 0. The van der Waals surface area contributed by atoms with Gasteiger partial charge in [0.1, 0.15) is 22.0 Å². The number of amides is 1. The number of carboxylic acid groups (broad SMARTS) is 1. The van der Waals surface area contributed by atoms with Crippen LogP contribution in [0.4, 0.5) is 38.5 Å². The van der Waals surface area contributed by atoms with Gasteiger partial charge in [-0.15, -0.1) is 22.7 Å². The van der Waals surface area contributed by atoms with Crippen molar-refractivity contribution in [3.8, 4) is 11.3 Å². The quantitative estimate of drug-likeness (QED) is 0.132. The number of nitrogens with zero attached hydrogens (tertiary/aromatic N) is 3. The smallest absolute Gasteiger partial charge is 0.422 e. The van der Waals surface area contributed by atoms with Crippen molar-refractivity contribution in [3.05, 3.63) is 125 Å². The average molecular weight is 813 g/mol. The summed E-state index contributed by atoms with van der Waals surface area (Å²) < 4.78 is 69.1. The number of benzene rings is 3. The van der Waals surface area contributed by atoms with Gasteiger partial charge in [0, 0.05) is 30.7 Å². The van der Waals surface area contributed by atoms with Crippen molar-refractivity contribution in [1.82, 2.24) is 14.1 Å². The molecule has 0 saturated heterocycles. The van der Waals surface area contributed by atoms with E-state index in [4.69, 9.17) is 28.3 Å². The summed E-state index contributed by atoms with van der Waals surface area (Å²) in [6, 6.07) is 13.7. The van der Waals surface area contributed by atoms with E-state index >= 15 is 0 Å². The van der Waals surface area contributed by atoms with Gasteiger partial charge in [-0.05, 0) is 46.8 Å². The van der Waals surface area contributed by atoms with Crippen LogP contribution in [-0.2, 0) is 42.7 Å². The number of aromatic nitrogens is 3. The summed E-state index contributed by atoms with van der Waals surface area (Å²) in [4.78, 5) is 52.2. The molecule has 0 spiro atoms. The number of alkyl halides is 3. The minimum Gasteiger partial charge on any atom is -0.481 e. The number of carbonyl (C=O) groups excluding carboxylic acids is 1. The molecule has 0 bridgehead atoms. The van der Waals surface area contributed by atoms with Crippen LogP contribution in [0.25, 0.3) is 21.5 Å². The van der Waals surface area contributed by atoms with Crippen LogP contribution in [0.2, 0.25) is 10.0 Å². The van der Waals surface area contributed by atoms with E-state index in [-0.39, 0.29) is 29.1 Å². The fourth-order valence-electron chi connectivity index (χ4n) is 5.07. The Morgan fingerprint density at radius 1 is 0.887 bits per heavy atom. The van der Waals surface area contributed by atoms with E-state index in [0.717, 1.165) is 33.3 Å². The first-order valence-electron chi connectivity index (χ1n) is 15.0. The Kier molecular flexibility index (Phi) is 11.7. The molecule has 3 aromatic heterocycles. The number of carbonyl (C=O) groups is 2. The molecule has 0 unspecified atom stereocenters. The normalized spacial score (nSPS) is 11.3. The van der Waals surface area contributed by atoms with Crippen molar-refractivity contribution in [2.45, 2.75) is 19.0 Å². The van der Waals surface area contributed by atoms with E-state index in [1.807, 2.05) is 6.07 Å². The van der Waals surface area contributed by atoms with Crippen LogP contribution in [0.5, 0.6) is 0 Å². The Labute approximate surface area is 313 Å². The van der Waals surface area contributed by atoms with E-state index < -0.39 is 52.1 Å². The highest BCUT2D eigenvalue weighted by Gasteiger charge is 2.39. The lowest BCUT2D eigenvalue weighted by atomic mass is 10.1. The summed E-state index contributed by atoms with van der Waals surface area (Å²) in [5.74, 6) is -5.03. The zero-order chi connectivity index (χ0) is 38.8. The Bertz CT molecular complexity index is 2480. The number of carboxylic acids is 1. The first-order chi connectivity index (χ1) is 25.0. The zero-order valence-electron chi connectivity index (χ0n) is 27.1. The van der Waals surface area contributed by atoms with Crippen LogP contribution in [0.1, 0.15) is 16.7 Å². The number of aliphatic carboxylic acids is 1. The summed E-state index contributed by atoms with van der Waals surface area (Å²) in [5.41, 5.74) is -1.56. The van der Waals surface area contributed by atoms with Crippen LogP contribution in [-0.4, -0.2) is 31.1 Å². The molecule has 0 radical (unpaired) electrons. The topological polar surface area (TPSA) is 135 Å². The van der Waals surface area contributed by atoms with Gasteiger partial charge >= 0.3 is 17.8 Å². The van der Waals surface area contributed by atoms with E-state index in [1.165, 1.54) is 24.0 Å². The van der Waals surface area contributed by atoms with Crippen molar-refractivity contribution < 1.29 is 36.6 Å². The zero-order valence-corrected chi connectivity index (χ0v) is 30.3. The molecule has 0 aliphatic heterocycles. The number of fused-ring (bicyclic) bond motifs is 1. The number of aryl methyl sites for hydroxylation is 1. The summed E-state index contributed by atoms with van der Waals surface area (Å²) >= 11 is 14.1. The first kappa shape index (κ1) is 39.1. The molecule has 0 fully saturated rings. The van der Waals surface area contributed by atoms with Crippen molar-refractivity contribution >= 4 is 84.5 Å². The summed E-state index contributed by atoms with van der Waals surface area (Å²) in [5, 5.41) is 18.4. The summed E-state index contributed by atoms with van der Waals surface area (Å²) in [6.07, 6.45) is -5.54. The Morgan fingerprint density at radius 2 is 1.57 bits per heavy atom. The second kappa shape index (κ2) is 15.9. The molecule has 6 aromatic rings. The molecule has 10 nitrogen and oxygen atoms in total. The van der Waals surface area contributed by atoms with Crippen LogP contribution < -0.4 is 21.9 Å². The molecule has 3 heterocycles. The Balaban J connectivity index is 0.000000241. The Morgan fingerprint density at radius 3 is 2.23 bits per heavy atom. The maximum Gasteiger partial charge on any atom is 0.422 e. The van der Waals surface area contributed by atoms with Gasteiger partial charge in [-0.3, -0.25) is 23.5 Å². The number of thiazole rings is 1. The lowest BCUT2D eigenvalue weighted by molar-refractivity contribution is -0.142. The molecule has 0 saturated carbocycles. The van der Waals surface area contributed by atoms with Gasteiger partial charge in [-0.2, -0.15) is 13.2 Å². The molecule has 53 heavy (non-hydrogen) atoms. The largest absolute Gasteiger partial charge is 0.481 e. The van der Waals surface area contributed by atoms with E-state index in [1.54, 1.807) is 41.8 Å². The third-order valence-electron chi connectivity index (χ3n) is 7.58. The van der Waals surface area contributed by atoms with Crippen molar-refractivity contribution in [1.29, 1.82) is 0 Å². The van der Waals surface area contributed by atoms with Gasteiger partial charge in [0.15, 0.2) is 5.13 Å². The Hall–Kier alpha value is -5.10. The molecule has 6 rings (SSSR count). The maximum atomic E-state index is 14.4. The highest BCUT2D eigenvalue weighted by molar-refractivity contribution is 7.17. The standard InChI is InChI=1S/C20H13F5N4O3S2.C14H11Cl2NO2/c1-28-16(31)13-8(6-33-17(13)29(2)19(28)32)5-12(30)27-18-26-11(7-34-18)9-3-4-10(21)14(15(9)22)20(23,24)25;15-10-5-3-6-11(16)14(10)17-12-7-2-1-4-9(12)8-13(18)19/h3-4,6-7H,5H2,1-2H3,(H,26,27,30);1-7,17H,8H2,(H,18,19). The SMILES string of the molecule is Cn1c(=O)c2c(CC(=O)Nc3nc(-c4ccc(F)c(C(F)(F)F)c4F)cs3)csc2n(C)c1=O.O=C(O)Cc1ccccc1Nc1c(Cl)cccc1Cl. The number of para-hydroxylation sites is 2. The van der Waals surface area contributed by atoms with Gasteiger partial charge in [0.05, 0.1) is 39.7 Å². The van der Waals surface area contributed by atoms with Crippen LogP contribution >= 0.6 is 45.9 Å². The van der Waals surface area contributed by atoms with Gasteiger partial charge in [-0.1, -0.05) is 47.5 Å². The highest BCUT2D eigenvalue weighted by atomic mass is 35.5. The fourth-order valence-corrected chi connectivity index (χ4v) is 7.31. The number of nitrogens with one attached hydrogen (secondary N) is 2. The lowest BCUT2D eigenvalue weighted by Crippen LogP contribution is -2.36. The lowest BCUT2D eigenvalue weighted by Gasteiger charge is -2.13. The number of hydrogen-bond acceptors (Lipinski definition) is 8. The third kappa shape index (κ3) is 8.59. The molecule has 0 atom stereocenters. The first-order valence-corrected chi connectivity index (χ1v) is 17.5. The molecule has 3 aromatic carbocycles. The van der Waals surface area contributed by atoms with Crippen LogP contribution in [0.3, 0.4) is 0 Å². The van der Waals surface area contributed by atoms with E-state index in [2.05, 4.69) is 15.6 Å². The van der Waals surface area contributed by atoms with Gasteiger partial charge in [-0.25, -0.2) is 18.6 Å². The predicted octanol–water partition coefficient (Wildman–Crippen LogP) is 8.26. The monoisotopic (exact) mass is 811 g/mol. The summed E-state index contributed by atoms with van der Waals surface area (Å²) in [7, 11) is 2.82. The van der Waals surface area contributed by atoms with Crippen molar-refractivity contribution in [2.24, 2.45) is 14.1 Å². The van der Waals surface area contributed by atoms with Crippen molar-refractivity contribution in [3.63, 3.8) is 0 Å². The number of rotatable bonds is 8. The maximum absolute atomic E-state index is 14.4. The number of halogens is 7. The molecule has 0 aliphatic rings. The molecule has 1 amide bonds. The number of hydrogen-bond donors (Lipinski definition) is 3. The van der Waals surface area contributed by atoms with Crippen molar-refractivity contribution in [2.75, 3.05) is 10.6 Å². The second-order valence-corrected chi connectivity index (χ2v) is 13.7. The predicted molar refractivity (Wildman–Crippen MR) is 195 cm³/mol. The molecular formula is C34H24Cl2F5N5O5S2. The second-order valence-electron chi connectivity index (χ2n) is 11.1. The van der Waals surface area contributed by atoms with Gasteiger partial charge in [0.2, 0.25) is 5.91 Å². The van der Waals surface area contributed by atoms with Crippen LogP contribution in [0, 0.1) is 11.6 Å². The van der Waals surface area contributed by atoms with E-state index in [9.17, 15) is 41.1 Å². The van der Waals surface area contributed by atoms with Gasteiger partial charge < -0.3 is 15.7 Å². The average Bonchev–Trinajstić information content (AvgIpc) is 3.72. The molecule has 19 heteroatoms. The molecule has 0 aliphatic carbocycles. The van der Waals surface area contributed by atoms with Gasteiger partial charge in [0.25, 0.3) is 5.56 Å². The molecular weight excluding hydrogens is 788 g/mol. The number of anilines is 3.